The Balaban J connectivity index is 1.91. The van der Waals surface area contributed by atoms with Gasteiger partial charge in [0.1, 0.15) is 6.61 Å². The SMILES string of the molecule is CCOC(=O)c1nc(-c2ccnc(OCCOCCNCl)c2)cs1. The third-order valence-corrected chi connectivity index (χ3v) is 3.81. The monoisotopic (exact) mass is 371 g/mol. The van der Waals surface area contributed by atoms with Gasteiger partial charge in [-0.3, -0.25) is 0 Å². The number of thiazole rings is 1. The zero-order chi connectivity index (χ0) is 17.2. The Kier molecular flexibility index (Phi) is 7.90. The van der Waals surface area contributed by atoms with Gasteiger partial charge in [0.15, 0.2) is 0 Å². The van der Waals surface area contributed by atoms with Gasteiger partial charge in [0.2, 0.25) is 10.9 Å². The largest absolute Gasteiger partial charge is 0.475 e. The van der Waals surface area contributed by atoms with Gasteiger partial charge in [-0.15, -0.1) is 11.3 Å². The zero-order valence-electron chi connectivity index (χ0n) is 13.2. The summed E-state index contributed by atoms with van der Waals surface area (Å²) in [5, 5.41) is 2.13. The molecule has 0 saturated heterocycles. The molecule has 2 rings (SSSR count). The van der Waals surface area contributed by atoms with Crippen molar-refractivity contribution >= 4 is 29.1 Å². The molecule has 0 fully saturated rings. The van der Waals surface area contributed by atoms with E-state index in [0.717, 1.165) is 5.56 Å². The number of pyridine rings is 1. The van der Waals surface area contributed by atoms with Crippen molar-refractivity contribution in [3.63, 3.8) is 0 Å². The van der Waals surface area contributed by atoms with E-state index in [1.165, 1.54) is 11.3 Å². The van der Waals surface area contributed by atoms with Gasteiger partial charge in [-0.05, 0) is 24.8 Å². The van der Waals surface area contributed by atoms with Crippen molar-refractivity contribution in [2.45, 2.75) is 6.92 Å². The maximum Gasteiger partial charge on any atom is 0.367 e. The van der Waals surface area contributed by atoms with Crippen molar-refractivity contribution in [3.8, 4) is 17.1 Å². The number of halogens is 1. The molecule has 2 heterocycles. The molecule has 7 nitrogen and oxygen atoms in total. The van der Waals surface area contributed by atoms with Crippen molar-refractivity contribution < 1.29 is 19.0 Å². The lowest BCUT2D eigenvalue weighted by Gasteiger charge is -2.07. The van der Waals surface area contributed by atoms with Crippen LogP contribution in [0.5, 0.6) is 5.88 Å². The first-order valence-corrected chi connectivity index (χ1v) is 8.63. The number of esters is 1. The van der Waals surface area contributed by atoms with Crippen LogP contribution in [0.2, 0.25) is 0 Å². The van der Waals surface area contributed by atoms with Crippen LogP contribution >= 0.6 is 23.1 Å². The van der Waals surface area contributed by atoms with Gasteiger partial charge < -0.3 is 14.2 Å². The molecule has 9 heteroatoms. The van der Waals surface area contributed by atoms with E-state index in [2.05, 4.69) is 14.8 Å². The molecule has 0 aromatic carbocycles. The van der Waals surface area contributed by atoms with Crippen LogP contribution in [0.15, 0.2) is 23.7 Å². The summed E-state index contributed by atoms with van der Waals surface area (Å²) in [6.07, 6.45) is 1.63. The molecule has 0 amide bonds. The number of hydrogen-bond donors (Lipinski definition) is 1. The smallest absolute Gasteiger partial charge is 0.367 e. The number of ether oxygens (including phenoxy) is 3. The summed E-state index contributed by atoms with van der Waals surface area (Å²) in [7, 11) is 0. The highest BCUT2D eigenvalue weighted by Gasteiger charge is 2.13. The van der Waals surface area contributed by atoms with E-state index in [1.54, 1.807) is 30.6 Å². The van der Waals surface area contributed by atoms with E-state index in [-0.39, 0.29) is 0 Å². The van der Waals surface area contributed by atoms with Crippen LogP contribution in [0.25, 0.3) is 11.3 Å². The summed E-state index contributed by atoms with van der Waals surface area (Å²) >= 11 is 6.56. The van der Waals surface area contributed by atoms with Gasteiger partial charge in [-0.1, -0.05) is 0 Å². The molecule has 2 aromatic rings. The minimum Gasteiger partial charge on any atom is -0.475 e. The number of rotatable bonds is 10. The molecule has 0 radical (unpaired) electrons. The molecule has 0 saturated carbocycles. The molecule has 0 bridgehead atoms. The second-order valence-electron chi connectivity index (χ2n) is 4.49. The predicted molar refractivity (Wildman–Crippen MR) is 91.5 cm³/mol. The minimum atomic E-state index is -0.414. The van der Waals surface area contributed by atoms with E-state index in [0.29, 0.717) is 49.6 Å². The first kappa shape index (κ1) is 18.6. The van der Waals surface area contributed by atoms with Gasteiger partial charge in [0.25, 0.3) is 0 Å². The minimum absolute atomic E-state index is 0.323. The van der Waals surface area contributed by atoms with Crippen molar-refractivity contribution in [2.24, 2.45) is 0 Å². The number of nitrogens with zero attached hydrogens (tertiary/aromatic N) is 2. The van der Waals surface area contributed by atoms with E-state index < -0.39 is 5.97 Å². The van der Waals surface area contributed by atoms with Crippen molar-refractivity contribution in [1.29, 1.82) is 0 Å². The number of carbonyl (C=O) groups excluding carboxylic acids is 1. The van der Waals surface area contributed by atoms with Crippen molar-refractivity contribution in [1.82, 2.24) is 14.8 Å². The lowest BCUT2D eigenvalue weighted by molar-refractivity contribution is 0.0526. The van der Waals surface area contributed by atoms with Gasteiger partial charge in [-0.2, -0.15) is 0 Å². The quantitative estimate of drug-likeness (QED) is 0.390. The van der Waals surface area contributed by atoms with Crippen LogP contribution in [0, 0.1) is 0 Å². The summed E-state index contributed by atoms with van der Waals surface area (Å²) in [6, 6.07) is 3.57. The number of hydrogen-bond acceptors (Lipinski definition) is 8. The Hall–Kier alpha value is -1.74. The third-order valence-electron chi connectivity index (χ3n) is 2.80. The lowest BCUT2D eigenvalue weighted by atomic mass is 10.2. The molecule has 0 unspecified atom stereocenters. The fourth-order valence-electron chi connectivity index (χ4n) is 1.76. The molecule has 0 aliphatic heterocycles. The van der Waals surface area contributed by atoms with Gasteiger partial charge in [-0.25, -0.2) is 19.6 Å². The topological polar surface area (TPSA) is 82.6 Å². The summed E-state index contributed by atoms with van der Waals surface area (Å²) < 4.78 is 15.8. The van der Waals surface area contributed by atoms with Crippen molar-refractivity contribution in [3.05, 3.63) is 28.7 Å². The molecule has 0 aliphatic carbocycles. The number of aromatic nitrogens is 2. The molecule has 0 aliphatic rings. The molecule has 1 N–H and O–H groups in total. The Morgan fingerprint density at radius 2 is 2.25 bits per heavy atom. The Bertz CT molecular complexity index is 653. The summed E-state index contributed by atoms with van der Waals surface area (Å²) in [4.78, 5) is 22.6. The molecule has 2 aromatic heterocycles. The first-order valence-electron chi connectivity index (χ1n) is 7.37. The zero-order valence-corrected chi connectivity index (χ0v) is 14.7. The maximum atomic E-state index is 11.7. The highest BCUT2D eigenvalue weighted by atomic mass is 35.5. The van der Waals surface area contributed by atoms with Gasteiger partial charge in [0, 0.05) is 29.8 Å². The first-order chi connectivity index (χ1) is 11.7. The molecule has 0 spiro atoms. The highest BCUT2D eigenvalue weighted by molar-refractivity contribution is 7.11. The second kappa shape index (κ2) is 10.2. The second-order valence-corrected chi connectivity index (χ2v) is 5.61. The van der Waals surface area contributed by atoms with Crippen LogP contribution in [-0.4, -0.2) is 48.9 Å². The van der Waals surface area contributed by atoms with Crippen LogP contribution in [0.3, 0.4) is 0 Å². The van der Waals surface area contributed by atoms with E-state index >= 15 is 0 Å². The van der Waals surface area contributed by atoms with Crippen LogP contribution < -0.4 is 9.57 Å². The highest BCUT2D eigenvalue weighted by Crippen LogP contribution is 2.24. The third kappa shape index (κ3) is 5.72. The Labute approximate surface area is 149 Å². The van der Waals surface area contributed by atoms with Gasteiger partial charge >= 0.3 is 5.97 Å². The fraction of sp³-hybridized carbons (Fsp3) is 0.400. The summed E-state index contributed by atoms with van der Waals surface area (Å²) in [5.74, 6) is 0.0557. The Morgan fingerprint density at radius 1 is 1.38 bits per heavy atom. The van der Waals surface area contributed by atoms with E-state index in [9.17, 15) is 4.79 Å². The summed E-state index contributed by atoms with van der Waals surface area (Å²) in [6.45, 7) is 3.98. The van der Waals surface area contributed by atoms with Crippen molar-refractivity contribution in [2.75, 3.05) is 33.0 Å². The summed E-state index contributed by atoms with van der Waals surface area (Å²) in [5.41, 5.74) is 1.50. The molecular formula is C15H18ClN3O4S. The molecule has 130 valence electrons. The standard InChI is InChI=1S/C15H18ClN3O4S/c1-2-22-15(20)14-19-12(10-24-14)11-3-4-17-13(9-11)23-8-7-21-6-5-18-16/h3-4,9-10,18H,2,5-8H2,1H3. The number of nitrogens with one attached hydrogen (secondary N) is 1. The van der Waals surface area contributed by atoms with Gasteiger partial charge in [0.05, 0.1) is 25.5 Å². The average Bonchev–Trinajstić information content (AvgIpc) is 3.09. The van der Waals surface area contributed by atoms with E-state index in [1.807, 2.05) is 0 Å². The molecule has 24 heavy (non-hydrogen) atoms. The fourth-order valence-corrected chi connectivity index (χ4v) is 2.55. The average molecular weight is 372 g/mol. The van der Waals surface area contributed by atoms with Crippen LogP contribution in [0.4, 0.5) is 0 Å². The predicted octanol–water partition coefficient (Wildman–Crippen LogP) is 2.52. The van der Waals surface area contributed by atoms with Crippen LogP contribution in [-0.2, 0) is 9.47 Å². The normalized spacial score (nSPS) is 10.6. The molecule has 0 atom stereocenters. The van der Waals surface area contributed by atoms with E-state index in [4.69, 9.17) is 26.0 Å². The maximum absolute atomic E-state index is 11.7. The molecular weight excluding hydrogens is 354 g/mol. The van der Waals surface area contributed by atoms with Crippen LogP contribution in [0.1, 0.15) is 16.7 Å². The number of carbonyl (C=O) groups is 1. The lowest BCUT2D eigenvalue weighted by Crippen LogP contribution is -2.14. The Morgan fingerprint density at radius 3 is 3.04 bits per heavy atom.